The Hall–Kier alpha value is -1.34. The van der Waals surface area contributed by atoms with Gasteiger partial charge < -0.3 is 15.4 Å². The number of ether oxygens (including phenoxy) is 1. The summed E-state index contributed by atoms with van der Waals surface area (Å²) in [6.45, 7) is 7.00. The van der Waals surface area contributed by atoms with Crippen LogP contribution in [0.25, 0.3) is 10.6 Å². The minimum Gasteiger partial charge on any atom is -0.494 e. The molecule has 1 amide bonds. The van der Waals surface area contributed by atoms with E-state index in [2.05, 4.69) is 15.6 Å². The summed E-state index contributed by atoms with van der Waals surface area (Å²) in [6.07, 6.45) is 0.319. The summed E-state index contributed by atoms with van der Waals surface area (Å²) in [7, 11) is 0. The van der Waals surface area contributed by atoms with E-state index in [1.165, 1.54) is 0 Å². The van der Waals surface area contributed by atoms with Crippen LogP contribution in [0.3, 0.4) is 0 Å². The molecule has 8 heteroatoms. The maximum atomic E-state index is 11.8. The molecule has 2 aromatic rings. The van der Waals surface area contributed by atoms with Crippen LogP contribution in [0.4, 0.5) is 0 Å². The predicted molar refractivity (Wildman–Crippen MR) is 108 cm³/mol. The Morgan fingerprint density at radius 1 is 1.16 bits per heavy atom. The lowest BCUT2D eigenvalue weighted by atomic mass is 10.2. The predicted octanol–water partition coefficient (Wildman–Crippen LogP) is 3.32. The summed E-state index contributed by atoms with van der Waals surface area (Å²) in [6, 6.07) is 7.86. The van der Waals surface area contributed by atoms with Gasteiger partial charge in [-0.15, -0.1) is 36.2 Å². The van der Waals surface area contributed by atoms with Gasteiger partial charge in [-0.3, -0.25) is 4.79 Å². The minimum absolute atomic E-state index is 0. The van der Waals surface area contributed by atoms with Crippen molar-refractivity contribution in [2.75, 3.05) is 26.2 Å². The van der Waals surface area contributed by atoms with Gasteiger partial charge in [0.25, 0.3) is 0 Å². The van der Waals surface area contributed by atoms with Crippen LogP contribution in [-0.4, -0.2) is 37.1 Å². The zero-order chi connectivity index (χ0) is 16.5. The Labute approximate surface area is 165 Å². The Kier molecular flexibility index (Phi) is 12.2. The molecule has 0 bridgehead atoms. The third-order valence-corrected chi connectivity index (χ3v) is 4.12. The van der Waals surface area contributed by atoms with Crippen LogP contribution in [0.5, 0.6) is 5.75 Å². The average molecular weight is 406 g/mol. The molecular formula is C17H25Cl2N3O2S. The van der Waals surface area contributed by atoms with Gasteiger partial charge in [-0.05, 0) is 37.7 Å². The standard InChI is InChI=1S/C17H23N3O2S.2ClH/c1-3-18-9-10-19-16(21)11-14-12-23-17(20-14)13-5-7-15(8-6-13)22-4-2;;/h5-8,12,18H,3-4,9-11H2,1-2H3,(H,19,21);2*1H. The number of carbonyl (C=O) groups is 1. The maximum absolute atomic E-state index is 11.8. The van der Waals surface area contributed by atoms with E-state index >= 15 is 0 Å². The third-order valence-electron chi connectivity index (χ3n) is 3.18. The first-order valence-corrected chi connectivity index (χ1v) is 8.76. The molecule has 5 nitrogen and oxygen atoms in total. The molecule has 0 radical (unpaired) electrons. The van der Waals surface area contributed by atoms with Crippen molar-refractivity contribution >= 4 is 42.1 Å². The molecule has 2 rings (SSSR count). The Balaban J connectivity index is 0.00000288. The van der Waals surface area contributed by atoms with Crippen LogP contribution in [0, 0.1) is 0 Å². The number of nitrogens with one attached hydrogen (secondary N) is 2. The number of hydrogen-bond donors (Lipinski definition) is 2. The number of carbonyl (C=O) groups excluding carboxylic acids is 1. The molecule has 1 aromatic carbocycles. The molecule has 0 spiro atoms. The molecule has 0 aliphatic carbocycles. The molecule has 1 aromatic heterocycles. The lowest BCUT2D eigenvalue weighted by molar-refractivity contribution is -0.120. The molecule has 0 atom stereocenters. The van der Waals surface area contributed by atoms with Gasteiger partial charge in [0.1, 0.15) is 10.8 Å². The van der Waals surface area contributed by atoms with Crippen LogP contribution in [0.2, 0.25) is 0 Å². The van der Waals surface area contributed by atoms with Crippen LogP contribution >= 0.6 is 36.2 Å². The van der Waals surface area contributed by atoms with E-state index in [0.29, 0.717) is 19.6 Å². The molecule has 0 fully saturated rings. The van der Waals surface area contributed by atoms with E-state index in [-0.39, 0.29) is 30.7 Å². The van der Waals surface area contributed by atoms with Crippen molar-refractivity contribution in [1.29, 1.82) is 0 Å². The fraction of sp³-hybridized carbons (Fsp3) is 0.412. The molecule has 0 saturated heterocycles. The molecule has 2 N–H and O–H groups in total. The van der Waals surface area contributed by atoms with Crippen molar-refractivity contribution in [3.63, 3.8) is 0 Å². The Bertz CT molecular complexity index is 621. The number of halogens is 2. The SMILES string of the molecule is CCNCCNC(=O)Cc1csc(-c2ccc(OCC)cc2)n1.Cl.Cl. The second-order valence-corrected chi connectivity index (χ2v) is 5.84. The number of amides is 1. The highest BCUT2D eigenvalue weighted by Crippen LogP contribution is 2.25. The summed E-state index contributed by atoms with van der Waals surface area (Å²) in [5.41, 5.74) is 1.84. The number of nitrogens with zero attached hydrogens (tertiary/aromatic N) is 1. The van der Waals surface area contributed by atoms with E-state index < -0.39 is 0 Å². The van der Waals surface area contributed by atoms with Gasteiger partial charge in [0.2, 0.25) is 5.91 Å². The van der Waals surface area contributed by atoms with Gasteiger partial charge in [-0.1, -0.05) is 6.92 Å². The van der Waals surface area contributed by atoms with Crippen molar-refractivity contribution < 1.29 is 9.53 Å². The second kappa shape index (κ2) is 12.9. The molecule has 0 unspecified atom stereocenters. The monoisotopic (exact) mass is 405 g/mol. The van der Waals surface area contributed by atoms with E-state index in [4.69, 9.17) is 4.74 Å². The molecule has 140 valence electrons. The Morgan fingerprint density at radius 3 is 2.52 bits per heavy atom. The minimum atomic E-state index is 0. The van der Waals surface area contributed by atoms with Gasteiger partial charge >= 0.3 is 0 Å². The van der Waals surface area contributed by atoms with Crippen LogP contribution < -0.4 is 15.4 Å². The molecule has 25 heavy (non-hydrogen) atoms. The van der Waals surface area contributed by atoms with Crippen LogP contribution in [-0.2, 0) is 11.2 Å². The third kappa shape index (κ3) is 8.05. The summed E-state index contributed by atoms with van der Waals surface area (Å²) >= 11 is 1.55. The van der Waals surface area contributed by atoms with Gasteiger partial charge in [0.15, 0.2) is 0 Å². The zero-order valence-electron chi connectivity index (χ0n) is 14.4. The van der Waals surface area contributed by atoms with Crippen molar-refractivity contribution in [2.45, 2.75) is 20.3 Å². The fourth-order valence-corrected chi connectivity index (χ4v) is 2.90. The van der Waals surface area contributed by atoms with Crippen molar-refractivity contribution in [3.05, 3.63) is 35.3 Å². The fourth-order valence-electron chi connectivity index (χ4n) is 2.08. The molecule has 1 heterocycles. The molecule has 0 saturated carbocycles. The lowest BCUT2D eigenvalue weighted by Gasteiger charge is -2.04. The smallest absolute Gasteiger partial charge is 0.226 e. The lowest BCUT2D eigenvalue weighted by Crippen LogP contribution is -2.32. The number of hydrogen-bond acceptors (Lipinski definition) is 5. The van der Waals surface area contributed by atoms with Gasteiger partial charge in [-0.2, -0.15) is 0 Å². The van der Waals surface area contributed by atoms with Gasteiger partial charge in [0.05, 0.1) is 18.7 Å². The highest BCUT2D eigenvalue weighted by atomic mass is 35.5. The highest BCUT2D eigenvalue weighted by molar-refractivity contribution is 7.13. The van der Waals surface area contributed by atoms with E-state index in [0.717, 1.165) is 35.1 Å². The van der Waals surface area contributed by atoms with Crippen LogP contribution in [0.1, 0.15) is 19.5 Å². The summed E-state index contributed by atoms with van der Waals surface area (Å²) in [4.78, 5) is 16.4. The van der Waals surface area contributed by atoms with Crippen LogP contribution in [0.15, 0.2) is 29.6 Å². The molecular weight excluding hydrogens is 381 g/mol. The molecule has 0 aliphatic rings. The maximum Gasteiger partial charge on any atom is 0.226 e. The quantitative estimate of drug-likeness (QED) is 0.628. The average Bonchev–Trinajstić information content (AvgIpc) is 3.01. The zero-order valence-corrected chi connectivity index (χ0v) is 16.9. The number of benzene rings is 1. The number of likely N-dealkylation sites (N-methyl/N-ethyl adjacent to an activating group) is 1. The largest absolute Gasteiger partial charge is 0.494 e. The van der Waals surface area contributed by atoms with Crippen molar-refractivity contribution in [1.82, 2.24) is 15.6 Å². The first-order valence-electron chi connectivity index (χ1n) is 7.88. The number of aromatic nitrogens is 1. The van der Waals surface area contributed by atoms with Gasteiger partial charge in [0, 0.05) is 24.0 Å². The Morgan fingerprint density at radius 2 is 1.88 bits per heavy atom. The molecule has 0 aliphatic heterocycles. The normalized spacial score (nSPS) is 9.68. The topological polar surface area (TPSA) is 63.2 Å². The van der Waals surface area contributed by atoms with Gasteiger partial charge in [-0.25, -0.2) is 4.98 Å². The van der Waals surface area contributed by atoms with E-state index in [9.17, 15) is 4.79 Å². The van der Waals surface area contributed by atoms with E-state index in [1.807, 2.05) is 43.5 Å². The summed E-state index contributed by atoms with van der Waals surface area (Å²) in [5.74, 6) is 0.861. The van der Waals surface area contributed by atoms with E-state index in [1.54, 1.807) is 11.3 Å². The second-order valence-electron chi connectivity index (χ2n) is 4.98. The summed E-state index contributed by atoms with van der Waals surface area (Å²) in [5, 5.41) is 8.91. The van der Waals surface area contributed by atoms with Crippen molar-refractivity contribution in [3.8, 4) is 16.3 Å². The number of thiazole rings is 1. The first kappa shape index (κ1) is 23.7. The summed E-state index contributed by atoms with van der Waals surface area (Å²) < 4.78 is 5.43. The van der Waals surface area contributed by atoms with Crippen molar-refractivity contribution in [2.24, 2.45) is 0 Å². The first-order chi connectivity index (χ1) is 11.2. The number of rotatable bonds is 9. The highest BCUT2D eigenvalue weighted by Gasteiger charge is 2.09.